The fourth-order valence-electron chi connectivity index (χ4n) is 1.05. The molecule has 0 saturated carbocycles. The molecule has 0 unspecified atom stereocenters. The number of benzene rings is 1. The molecular weight excluding hydrogens is 219 g/mol. The Morgan fingerprint density at radius 1 is 1.36 bits per heavy atom. The van der Waals surface area contributed by atoms with Gasteiger partial charge in [0.2, 0.25) is 0 Å². The van der Waals surface area contributed by atoms with E-state index in [2.05, 4.69) is 0 Å². The molecule has 1 rings (SSSR count). The van der Waals surface area contributed by atoms with Gasteiger partial charge in [0.1, 0.15) is 6.29 Å². The number of allylic oxidation sites excluding steroid dienone is 1. The van der Waals surface area contributed by atoms with Gasteiger partial charge in [0.25, 0.3) is 0 Å². The van der Waals surface area contributed by atoms with Gasteiger partial charge in [-0.1, -0.05) is 36.2 Å². The van der Waals surface area contributed by atoms with E-state index >= 15 is 0 Å². The van der Waals surface area contributed by atoms with Gasteiger partial charge in [-0.2, -0.15) is 0 Å². The van der Waals surface area contributed by atoms with Crippen molar-refractivity contribution in [2.45, 2.75) is 13.3 Å². The quantitative estimate of drug-likeness (QED) is 0.565. The Morgan fingerprint density at radius 3 is 2.36 bits per heavy atom. The molecule has 1 aromatic rings. The van der Waals surface area contributed by atoms with Gasteiger partial charge in [-0.05, 0) is 30.2 Å². The second-order valence-corrected chi connectivity index (χ2v) is 3.64. The van der Waals surface area contributed by atoms with Gasteiger partial charge in [0, 0.05) is 15.6 Å². The number of aldehydes is 1. The van der Waals surface area contributed by atoms with Gasteiger partial charge < -0.3 is 0 Å². The van der Waals surface area contributed by atoms with Crippen LogP contribution in [0.5, 0.6) is 0 Å². The van der Waals surface area contributed by atoms with Crippen LogP contribution in [0.1, 0.15) is 18.9 Å². The van der Waals surface area contributed by atoms with Gasteiger partial charge in [-0.25, -0.2) is 0 Å². The van der Waals surface area contributed by atoms with Crippen molar-refractivity contribution in [1.82, 2.24) is 0 Å². The van der Waals surface area contributed by atoms with Crippen LogP contribution < -0.4 is 0 Å². The maximum atomic E-state index is 10.6. The molecule has 0 aromatic heterocycles. The van der Waals surface area contributed by atoms with Crippen LogP contribution in [0.25, 0.3) is 6.08 Å². The molecule has 74 valence electrons. The summed E-state index contributed by atoms with van der Waals surface area (Å²) in [5.41, 5.74) is 1.39. The lowest BCUT2D eigenvalue weighted by atomic mass is 10.1. The Hall–Kier alpha value is -0.790. The highest BCUT2D eigenvalue weighted by Crippen LogP contribution is 2.26. The number of halogens is 2. The third kappa shape index (κ3) is 2.60. The van der Waals surface area contributed by atoms with Crippen molar-refractivity contribution < 1.29 is 4.79 Å². The minimum absolute atomic E-state index is 0.560. The van der Waals surface area contributed by atoms with Crippen LogP contribution >= 0.6 is 23.2 Å². The van der Waals surface area contributed by atoms with Gasteiger partial charge >= 0.3 is 0 Å². The van der Waals surface area contributed by atoms with Crippen LogP contribution in [0.2, 0.25) is 10.0 Å². The Balaban J connectivity index is 3.18. The summed E-state index contributed by atoms with van der Waals surface area (Å²) in [4.78, 5) is 10.6. The monoisotopic (exact) mass is 228 g/mol. The molecule has 3 heteroatoms. The Morgan fingerprint density at radius 2 is 1.93 bits per heavy atom. The van der Waals surface area contributed by atoms with Crippen LogP contribution in [-0.2, 0) is 4.79 Å². The smallest absolute Gasteiger partial charge is 0.146 e. The molecule has 0 aliphatic carbocycles. The van der Waals surface area contributed by atoms with E-state index in [4.69, 9.17) is 23.2 Å². The highest BCUT2D eigenvalue weighted by atomic mass is 35.5. The molecule has 0 bridgehead atoms. The Bertz CT molecular complexity index is 349. The van der Waals surface area contributed by atoms with E-state index in [0.717, 1.165) is 6.29 Å². The van der Waals surface area contributed by atoms with Gasteiger partial charge in [0.05, 0.1) is 0 Å². The number of carbonyl (C=O) groups excluding carboxylic acids is 1. The predicted molar refractivity (Wildman–Crippen MR) is 60.8 cm³/mol. The van der Waals surface area contributed by atoms with Crippen molar-refractivity contribution in [3.63, 3.8) is 0 Å². The minimum atomic E-state index is 0.560. The zero-order valence-electron chi connectivity index (χ0n) is 7.76. The van der Waals surface area contributed by atoms with E-state index in [9.17, 15) is 4.79 Å². The fourth-order valence-corrected chi connectivity index (χ4v) is 1.56. The summed E-state index contributed by atoms with van der Waals surface area (Å²) in [7, 11) is 0. The second kappa shape index (κ2) is 5.18. The Labute approximate surface area is 93.3 Å². The molecule has 14 heavy (non-hydrogen) atoms. The van der Waals surface area contributed by atoms with E-state index < -0.39 is 0 Å². The molecule has 0 N–H and O–H groups in total. The molecule has 1 nitrogen and oxygen atoms in total. The van der Waals surface area contributed by atoms with E-state index in [1.165, 1.54) is 0 Å². The lowest BCUT2D eigenvalue weighted by molar-refractivity contribution is -0.104. The summed E-state index contributed by atoms with van der Waals surface area (Å²) < 4.78 is 0. The standard InChI is InChI=1S/C11H10Cl2O/c1-2-8(7-14)6-9-10(12)4-3-5-11(9)13/h3-7H,2H2,1H3. The predicted octanol–water partition coefficient (Wildman–Crippen LogP) is 3.99. The topological polar surface area (TPSA) is 17.1 Å². The summed E-state index contributed by atoms with van der Waals surface area (Å²) >= 11 is 11.9. The largest absolute Gasteiger partial charge is 0.298 e. The molecule has 0 radical (unpaired) electrons. The lowest BCUT2D eigenvalue weighted by Crippen LogP contribution is -1.84. The van der Waals surface area contributed by atoms with E-state index in [1.54, 1.807) is 24.3 Å². The number of hydrogen-bond acceptors (Lipinski definition) is 1. The minimum Gasteiger partial charge on any atom is -0.298 e. The number of rotatable bonds is 3. The first-order valence-corrected chi connectivity index (χ1v) is 5.04. The summed E-state index contributed by atoms with van der Waals surface area (Å²) in [5.74, 6) is 0. The summed E-state index contributed by atoms with van der Waals surface area (Å²) in [5, 5.41) is 1.12. The molecule has 0 fully saturated rings. The SMILES string of the molecule is CCC(C=O)=Cc1c(Cl)cccc1Cl. The molecular formula is C11H10Cl2O. The molecule has 0 spiro atoms. The first kappa shape index (κ1) is 11.3. The molecule has 0 saturated heterocycles. The first-order valence-electron chi connectivity index (χ1n) is 4.28. The highest BCUT2D eigenvalue weighted by molar-refractivity contribution is 6.37. The summed E-state index contributed by atoms with van der Waals surface area (Å²) in [6, 6.07) is 5.27. The molecule has 0 aliphatic rings. The van der Waals surface area contributed by atoms with Crippen molar-refractivity contribution in [2.24, 2.45) is 0 Å². The van der Waals surface area contributed by atoms with Crippen LogP contribution in [0.3, 0.4) is 0 Å². The van der Waals surface area contributed by atoms with Crippen LogP contribution in [-0.4, -0.2) is 6.29 Å². The van der Waals surface area contributed by atoms with Crippen molar-refractivity contribution >= 4 is 35.6 Å². The number of hydrogen-bond donors (Lipinski definition) is 0. The maximum Gasteiger partial charge on any atom is 0.146 e. The molecule has 0 amide bonds. The Kier molecular flexibility index (Phi) is 4.18. The lowest BCUT2D eigenvalue weighted by Gasteiger charge is -2.02. The normalized spacial score (nSPS) is 11.5. The van der Waals surface area contributed by atoms with Crippen molar-refractivity contribution in [3.8, 4) is 0 Å². The van der Waals surface area contributed by atoms with Crippen LogP contribution in [0, 0.1) is 0 Å². The second-order valence-electron chi connectivity index (χ2n) is 2.83. The third-order valence-electron chi connectivity index (χ3n) is 1.89. The number of carbonyl (C=O) groups is 1. The average Bonchev–Trinajstić information content (AvgIpc) is 2.18. The van der Waals surface area contributed by atoms with E-state index in [-0.39, 0.29) is 0 Å². The zero-order chi connectivity index (χ0) is 10.6. The molecule has 1 aromatic carbocycles. The van der Waals surface area contributed by atoms with Gasteiger partial charge in [0.15, 0.2) is 0 Å². The highest BCUT2D eigenvalue weighted by Gasteiger charge is 2.03. The van der Waals surface area contributed by atoms with Gasteiger partial charge in [-0.15, -0.1) is 0 Å². The summed E-state index contributed by atoms with van der Waals surface area (Å²) in [6.45, 7) is 1.91. The molecule has 0 heterocycles. The fraction of sp³-hybridized carbons (Fsp3) is 0.182. The third-order valence-corrected chi connectivity index (χ3v) is 2.55. The van der Waals surface area contributed by atoms with Crippen molar-refractivity contribution in [3.05, 3.63) is 39.4 Å². The van der Waals surface area contributed by atoms with Crippen molar-refractivity contribution in [2.75, 3.05) is 0 Å². The molecule has 0 atom stereocenters. The van der Waals surface area contributed by atoms with Crippen LogP contribution in [0.4, 0.5) is 0 Å². The van der Waals surface area contributed by atoms with E-state index in [0.29, 0.717) is 27.6 Å². The van der Waals surface area contributed by atoms with Crippen LogP contribution in [0.15, 0.2) is 23.8 Å². The summed E-state index contributed by atoms with van der Waals surface area (Å²) in [6.07, 6.45) is 3.21. The van der Waals surface area contributed by atoms with Gasteiger partial charge in [-0.3, -0.25) is 4.79 Å². The van der Waals surface area contributed by atoms with Crippen molar-refractivity contribution in [1.29, 1.82) is 0 Å². The average molecular weight is 229 g/mol. The molecule has 0 aliphatic heterocycles. The van der Waals surface area contributed by atoms with E-state index in [1.807, 2.05) is 6.92 Å². The maximum absolute atomic E-state index is 10.6. The zero-order valence-corrected chi connectivity index (χ0v) is 9.27. The first-order chi connectivity index (χ1) is 6.69.